The lowest BCUT2D eigenvalue weighted by atomic mass is 9.41. The largest absolute Gasteiger partial charge is 0.208 e. The van der Waals surface area contributed by atoms with Crippen molar-refractivity contribution in [2.75, 3.05) is 0 Å². The molecule has 11 aromatic rings. The third-order valence-electron chi connectivity index (χ3n) is 20.4. The molecule has 0 N–H and O–H groups in total. The van der Waals surface area contributed by atoms with Crippen LogP contribution in [-0.4, -0.2) is 15.0 Å². The van der Waals surface area contributed by atoms with E-state index < -0.39 is 0 Å². The Morgan fingerprint density at radius 1 is 0.301 bits per heavy atom. The lowest BCUT2D eigenvalue weighted by Crippen LogP contribution is -2.59. The molecule has 1 aromatic heterocycles. The molecule has 0 saturated heterocycles. The van der Waals surface area contributed by atoms with Gasteiger partial charge in [-0.2, -0.15) is 0 Å². The Hall–Kier alpha value is -8.79. The normalized spacial score (nSPS) is 21.5. The van der Waals surface area contributed by atoms with Crippen LogP contribution in [0, 0.1) is 19.8 Å². The maximum Gasteiger partial charge on any atom is 0.164 e. The number of aromatic nitrogens is 3. The van der Waals surface area contributed by atoms with Crippen molar-refractivity contribution in [2.45, 2.75) is 100 Å². The number of hydrogen-bond donors (Lipinski definition) is 0. The van der Waals surface area contributed by atoms with Gasteiger partial charge in [0.2, 0.25) is 0 Å². The molecule has 4 aliphatic carbocycles. The highest BCUT2D eigenvalue weighted by molar-refractivity contribution is 5.89. The van der Waals surface area contributed by atoms with Crippen molar-refractivity contribution in [3.05, 3.63) is 282 Å². The van der Waals surface area contributed by atoms with Crippen molar-refractivity contribution < 1.29 is 0 Å². The molecule has 5 unspecified atom stereocenters. The van der Waals surface area contributed by atoms with Crippen molar-refractivity contribution >= 4 is 0 Å². The second-order valence-corrected chi connectivity index (χ2v) is 24.6. The Kier molecular flexibility index (Phi) is 12.9. The average molecular weight is 1070 g/mol. The topological polar surface area (TPSA) is 38.7 Å². The molecule has 0 amide bonds. The zero-order chi connectivity index (χ0) is 55.5. The van der Waals surface area contributed by atoms with Crippen LogP contribution in [0.4, 0.5) is 0 Å². The molecule has 10 aromatic carbocycles. The molecule has 0 aliphatic heterocycles. The number of hydrogen-bond acceptors (Lipinski definition) is 3. The van der Waals surface area contributed by atoms with Crippen LogP contribution in [0.25, 0.3) is 89.8 Å². The predicted octanol–water partition coefficient (Wildman–Crippen LogP) is 20.6. The highest BCUT2D eigenvalue weighted by Gasteiger charge is 2.66. The summed E-state index contributed by atoms with van der Waals surface area (Å²) in [5.74, 6) is 2.74. The molecule has 4 aliphatic rings. The first-order valence-corrected chi connectivity index (χ1v) is 30.5. The summed E-state index contributed by atoms with van der Waals surface area (Å²) >= 11 is 0. The second kappa shape index (κ2) is 20.9. The third kappa shape index (κ3) is 8.56. The molecule has 3 fully saturated rings. The SMILES string of the molecule is Cc1ccccc1-c1ccccc1C12CCCC3(c4cccc(-c5ccc(-c6nc(-c7ccccc7)nc(-c7ccc(-c8ccccc8)cc7)n6)cc5)c4-c4ccccc4C)CCCCC4(CC(CC1)c1ccccc1-c1ccccc14)C23. The summed E-state index contributed by atoms with van der Waals surface area (Å²) in [5.41, 5.74) is 24.7. The van der Waals surface area contributed by atoms with Crippen LogP contribution in [0.15, 0.2) is 249 Å². The Labute approximate surface area is 490 Å². The monoisotopic (exact) mass is 1070 g/mol. The summed E-state index contributed by atoms with van der Waals surface area (Å²) in [6.45, 7) is 4.66. The highest BCUT2D eigenvalue weighted by Crippen LogP contribution is 2.72. The van der Waals surface area contributed by atoms with Gasteiger partial charge in [-0.25, -0.2) is 15.0 Å². The van der Waals surface area contributed by atoms with Gasteiger partial charge in [-0.15, -0.1) is 0 Å². The van der Waals surface area contributed by atoms with Gasteiger partial charge in [0.1, 0.15) is 0 Å². The predicted molar refractivity (Wildman–Crippen MR) is 343 cm³/mol. The molecular weight excluding hydrogens is 1000 g/mol. The summed E-state index contributed by atoms with van der Waals surface area (Å²) in [6.07, 6.45) is 11.8. The molecular formula is C80H69N3. The smallest absolute Gasteiger partial charge is 0.164 e. The van der Waals surface area contributed by atoms with E-state index in [2.05, 4.69) is 257 Å². The fourth-order valence-corrected chi connectivity index (χ4v) is 17.1. The first-order valence-electron chi connectivity index (χ1n) is 30.5. The molecule has 3 heteroatoms. The van der Waals surface area contributed by atoms with E-state index in [0.29, 0.717) is 29.3 Å². The number of benzene rings is 10. The van der Waals surface area contributed by atoms with Crippen molar-refractivity contribution in [1.29, 1.82) is 0 Å². The van der Waals surface area contributed by atoms with Gasteiger partial charge in [0.05, 0.1) is 0 Å². The molecule has 404 valence electrons. The summed E-state index contributed by atoms with van der Waals surface area (Å²) in [5, 5.41) is 0. The summed E-state index contributed by atoms with van der Waals surface area (Å²) < 4.78 is 0. The van der Waals surface area contributed by atoms with Gasteiger partial charge in [0, 0.05) is 32.9 Å². The van der Waals surface area contributed by atoms with E-state index in [1.807, 2.05) is 6.07 Å². The summed E-state index contributed by atoms with van der Waals surface area (Å²) in [7, 11) is 0. The van der Waals surface area contributed by atoms with E-state index >= 15 is 0 Å². The second-order valence-electron chi connectivity index (χ2n) is 24.6. The van der Waals surface area contributed by atoms with Crippen LogP contribution in [0.5, 0.6) is 0 Å². The Morgan fingerprint density at radius 2 is 0.711 bits per heavy atom. The van der Waals surface area contributed by atoms with Crippen LogP contribution in [-0.2, 0) is 16.2 Å². The maximum absolute atomic E-state index is 5.24. The summed E-state index contributed by atoms with van der Waals surface area (Å²) in [4.78, 5) is 15.6. The Bertz CT molecular complexity index is 4200. The average Bonchev–Trinajstić information content (AvgIpc) is 1.84. The van der Waals surface area contributed by atoms with Gasteiger partial charge in [-0.3, -0.25) is 0 Å². The van der Waals surface area contributed by atoms with Crippen LogP contribution in [0.2, 0.25) is 0 Å². The Balaban J connectivity index is 0.935. The van der Waals surface area contributed by atoms with Gasteiger partial charge in [-0.1, -0.05) is 268 Å². The van der Waals surface area contributed by atoms with Crippen LogP contribution >= 0.6 is 0 Å². The van der Waals surface area contributed by atoms with Crippen molar-refractivity contribution in [1.82, 2.24) is 15.0 Å². The standard InChI is InChI=1S/C80H69N3/c1-54-23-9-11-29-63(54)68-33-15-17-36-70(68)79-51-22-50-78(48-19-20-49-80(77(78)79)53-62(47-52-79)65-31-13-14-32-67(65)69-34-16-18-37-71(69)80)72-38-21-35-66(73(72)64-30-12-10-24-55(64)2)58-41-45-61(46-42-58)76-82-74(59-27-7-4-8-28-59)81-75(83-76)60-43-39-57(40-44-60)56-25-5-3-6-26-56/h3-18,21,23-46,62,77H,19-20,22,47-53H2,1-2H3. The van der Waals surface area contributed by atoms with Crippen molar-refractivity contribution in [3.8, 4) is 89.8 Å². The highest BCUT2D eigenvalue weighted by atomic mass is 15.0. The molecule has 83 heavy (non-hydrogen) atoms. The van der Waals surface area contributed by atoms with E-state index in [1.165, 1.54) is 106 Å². The molecule has 5 atom stereocenters. The van der Waals surface area contributed by atoms with Crippen LogP contribution in [0.3, 0.4) is 0 Å². The first kappa shape index (κ1) is 51.1. The van der Waals surface area contributed by atoms with E-state index in [9.17, 15) is 0 Å². The van der Waals surface area contributed by atoms with Gasteiger partial charge in [0.15, 0.2) is 17.5 Å². The fraction of sp³-hybridized carbons (Fsp3) is 0.212. The number of aryl methyl sites for hydroxylation is 2. The van der Waals surface area contributed by atoms with Gasteiger partial charge in [0.25, 0.3) is 0 Å². The van der Waals surface area contributed by atoms with Crippen molar-refractivity contribution in [2.24, 2.45) is 5.92 Å². The lowest BCUT2D eigenvalue weighted by Gasteiger charge is -2.62. The minimum absolute atomic E-state index is 0.0981. The molecule has 1 spiro atoms. The minimum Gasteiger partial charge on any atom is -0.208 e. The number of nitrogens with zero attached hydrogens (tertiary/aromatic N) is 3. The van der Waals surface area contributed by atoms with Crippen molar-refractivity contribution in [3.63, 3.8) is 0 Å². The van der Waals surface area contributed by atoms with E-state index in [1.54, 1.807) is 22.3 Å². The van der Waals surface area contributed by atoms with Gasteiger partial charge in [-0.05, 0) is 160 Å². The first-order chi connectivity index (χ1) is 40.9. The third-order valence-corrected chi connectivity index (χ3v) is 20.4. The fourth-order valence-electron chi connectivity index (χ4n) is 17.1. The summed E-state index contributed by atoms with van der Waals surface area (Å²) in [6, 6.07) is 93.6. The molecule has 3 saturated carbocycles. The van der Waals surface area contributed by atoms with E-state index in [4.69, 9.17) is 15.0 Å². The number of rotatable bonds is 9. The maximum atomic E-state index is 5.24. The van der Waals surface area contributed by atoms with Gasteiger partial charge < -0.3 is 0 Å². The molecule has 3 nitrogen and oxygen atoms in total. The zero-order valence-corrected chi connectivity index (χ0v) is 47.7. The lowest BCUT2D eigenvalue weighted by molar-refractivity contribution is 0.0122. The molecule has 2 bridgehead atoms. The molecule has 1 heterocycles. The zero-order valence-electron chi connectivity index (χ0n) is 47.7. The number of fused-ring (bicyclic) bond motifs is 5. The van der Waals surface area contributed by atoms with Gasteiger partial charge >= 0.3 is 0 Å². The van der Waals surface area contributed by atoms with Crippen LogP contribution < -0.4 is 0 Å². The molecule has 15 rings (SSSR count). The van der Waals surface area contributed by atoms with E-state index in [-0.39, 0.29) is 16.2 Å². The molecule has 0 radical (unpaired) electrons. The minimum atomic E-state index is -0.159. The Morgan fingerprint density at radius 3 is 1.34 bits per heavy atom. The van der Waals surface area contributed by atoms with E-state index in [0.717, 1.165) is 41.5 Å². The van der Waals surface area contributed by atoms with Crippen LogP contribution in [0.1, 0.15) is 104 Å². The quantitative estimate of drug-likeness (QED) is 0.145.